The number of rotatable bonds is 6. The molecule has 2 rings (SSSR count). The molecular weight excluding hydrogens is 384 g/mol. The number of carbonyl (C=O) groups is 2. The standard InChI is InChI=1S/C15H13BrN2O6/c1-22-9-4-3-8(12(15(20)21)13(9)23-2)7-17-18-14(19)10-5-6-11(16)24-10/h3-7H,1-2H3,(H,18,19)(H,20,21)/p-1/b17-7-. The van der Waals surface area contributed by atoms with Crippen LogP contribution >= 0.6 is 15.9 Å². The van der Waals surface area contributed by atoms with Gasteiger partial charge in [0.05, 0.1) is 32.0 Å². The fourth-order valence-corrected chi connectivity index (χ4v) is 2.22. The second-order valence-electron chi connectivity index (χ2n) is 4.36. The Morgan fingerprint density at radius 3 is 2.54 bits per heavy atom. The molecule has 0 aliphatic carbocycles. The molecule has 8 nitrogen and oxygen atoms in total. The first-order chi connectivity index (χ1) is 11.5. The van der Waals surface area contributed by atoms with Crippen molar-refractivity contribution >= 4 is 34.0 Å². The van der Waals surface area contributed by atoms with Crippen LogP contribution < -0.4 is 20.0 Å². The molecule has 0 atom stereocenters. The van der Waals surface area contributed by atoms with Gasteiger partial charge in [0.15, 0.2) is 21.9 Å². The fourth-order valence-electron chi connectivity index (χ4n) is 1.91. The smallest absolute Gasteiger partial charge is 0.307 e. The van der Waals surface area contributed by atoms with Gasteiger partial charge in [0.2, 0.25) is 0 Å². The minimum Gasteiger partial charge on any atom is -0.545 e. The molecule has 0 spiro atoms. The van der Waals surface area contributed by atoms with Crippen LogP contribution in [-0.4, -0.2) is 32.3 Å². The highest BCUT2D eigenvalue weighted by atomic mass is 79.9. The molecule has 0 aliphatic heterocycles. The highest BCUT2D eigenvalue weighted by molar-refractivity contribution is 9.10. The van der Waals surface area contributed by atoms with Crippen molar-refractivity contribution in [3.05, 3.63) is 45.8 Å². The van der Waals surface area contributed by atoms with Crippen LogP contribution in [0, 0.1) is 0 Å². The van der Waals surface area contributed by atoms with E-state index in [0.29, 0.717) is 4.67 Å². The number of ether oxygens (including phenoxy) is 2. The Labute approximate surface area is 145 Å². The van der Waals surface area contributed by atoms with E-state index in [2.05, 4.69) is 26.5 Å². The third-order valence-electron chi connectivity index (χ3n) is 2.95. The number of halogens is 1. The summed E-state index contributed by atoms with van der Waals surface area (Å²) in [6.07, 6.45) is 1.16. The van der Waals surface area contributed by atoms with E-state index in [9.17, 15) is 14.7 Å². The first kappa shape index (κ1) is 17.5. The maximum Gasteiger partial charge on any atom is 0.307 e. The number of hydrazone groups is 1. The van der Waals surface area contributed by atoms with Crippen molar-refractivity contribution in [1.29, 1.82) is 0 Å². The number of carboxylic acids is 1. The quantitative estimate of drug-likeness (QED) is 0.580. The maximum absolute atomic E-state index is 11.8. The average Bonchev–Trinajstić information content (AvgIpc) is 3.00. The van der Waals surface area contributed by atoms with Crippen LogP contribution in [-0.2, 0) is 0 Å². The molecule has 0 fully saturated rings. The van der Waals surface area contributed by atoms with Crippen LogP contribution in [0.25, 0.3) is 0 Å². The van der Waals surface area contributed by atoms with Crippen molar-refractivity contribution in [2.24, 2.45) is 5.10 Å². The average molecular weight is 396 g/mol. The number of aromatic carboxylic acids is 1. The van der Waals surface area contributed by atoms with Crippen molar-refractivity contribution in [2.45, 2.75) is 0 Å². The summed E-state index contributed by atoms with van der Waals surface area (Å²) in [6, 6.07) is 5.98. The number of furan rings is 1. The van der Waals surface area contributed by atoms with Gasteiger partial charge in [-0.3, -0.25) is 4.79 Å². The lowest BCUT2D eigenvalue weighted by Gasteiger charge is -2.15. The van der Waals surface area contributed by atoms with E-state index < -0.39 is 11.9 Å². The lowest BCUT2D eigenvalue weighted by molar-refractivity contribution is -0.255. The predicted octanol–water partition coefficient (Wildman–Crippen LogP) is 1.19. The summed E-state index contributed by atoms with van der Waals surface area (Å²) < 4.78 is 15.6. The number of benzene rings is 1. The monoisotopic (exact) mass is 395 g/mol. The number of hydrogen-bond donors (Lipinski definition) is 1. The summed E-state index contributed by atoms with van der Waals surface area (Å²) in [5.74, 6) is -1.77. The number of amides is 1. The Bertz CT molecular complexity index is 799. The van der Waals surface area contributed by atoms with Crippen molar-refractivity contribution in [1.82, 2.24) is 5.43 Å². The minimum atomic E-state index is -1.46. The molecule has 1 N–H and O–H groups in total. The number of hydrogen-bond acceptors (Lipinski definition) is 7. The number of nitrogens with one attached hydrogen (secondary N) is 1. The Morgan fingerprint density at radius 2 is 2.00 bits per heavy atom. The van der Waals surface area contributed by atoms with Crippen molar-refractivity contribution < 1.29 is 28.6 Å². The number of carboxylic acid groups (broad SMARTS) is 1. The minimum absolute atomic E-state index is 0.00254. The number of carbonyl (C=O) groups excluding carboxylic acids is 2. The number of methoxy groups -OCH3 is 2. The molecule has 126 valence electrons. The Morgan fingerprint density at radius 1 is 1.25 bits per heavy atom. The summed E-state index contributed by atoms with van der Waals surface area (Å²) >= 11 is 3.08. The molecule has 9 heteroatoms. The molecule has 2 aromatic rings. The summed E-state index contributed by atoms with van der Waals surface area (Å²) in [5.41, 5.74) is 2.16. The number of nitrogens with zero attached hydrogens (tertiary/aromatic N) is 1. The van der Waals surface area contributed by atoms with Gasteiger partial charge in [-0.15, -0.1) is 0 Å². The summed E-state index contributed by atoms with van der Waals surface area (Å²) in [4.78, 5) is 23.2. The molecule has 1 amide bonds. The zero-order chi connectivity index (χ0) is 17.7. The topological polar surface area (TPSA) is 113 Å². The van der Waals surface area contributed by atoms with Crippen molar-refractivity contribution in [2.75, 3.05) is 14.2 Å². The van der Waals surface area contributed by atoms with Crippen molar-refractivity contribution in [3.8, 4) is 11.5 Å². The lowest BCUT2D eigenvalue weighted by Crippen LogP contribution is -2.25. The van der Waals surface area contributed by atoms with Crippen molar-refractivity contribution in [3.63, 3.8) is 0 Å². The van der Waals surface area contributed by atoms with Gasteiger partial charge in [-0.25, -0.2) is 5.43 Å². The first-order valence-corrected chi connectivity index (χ1v) is 7.32. The van der Waals surface area contributed by atoms with Crippen LogP contribution in [0.4, 0.5) is 0 Å². The summed E-state index contributed by atoms with van der Waals surface area (Å²) in [6.45, 7) is 0. The molecule has 0 saturated carbocycles. The Balaban J connectivity index is 2.25. The lowest BCUT2D eigenvalue weighted by atomic mass is 10.1. The van der Waals surface area contributed by atoms with Crippen LogP contribution in [0.15, 0.2) is 38.5 Å². The van der Waals surface area contributed by atoms with Gasteiger partial charge in [0, 0.05) is 5.56 Å². The molecule has 1 aromatic carbocycles. The zero-order valence-electron chi connectivity index (χ0n) is 12.7. The second-order valence-corrected chi connectivity index (χ2v) is 5.14. The third-order valence-corrected chi connectivity index (χ3v) is 3.37. The largest absolute Gasteiger partial charge is 0.545 e. The van der Waals surface area contributed by atoms with E-state index in [1.807, 2.05) is 0 Å². The predicted molar refractivity (Wildman–Crippen MR) is 85.3 cm³/mol. The normalized spacial score (nSPS) is 10.6. The van der Waals surface area contributed by atoms with Crippen LogP contribution in [0.1, 0.15) is 26.5 Å². The van der Waals surface area contributed by atoms with E-state index in [1.54, 1.807) is 6.07 Å². The summed E-state index contributed by atoms with van der Waals surface area (Å²) in [5, 5.41) is 15.1. The van der Waals surface area contributed by atoms with E-state index in [1.165, 1.54) is 32.4 Å². The highest BCUT2D eigenvalue weighted by Crippen LogP contribution is 2.32. The zero-order valence-corrected chi connectivity index (χ0v) is 14.2. The van der Waals surface area contributed by atoms with Crippen LogP contribution in [0.3, 0.4) is 0 Å². The molecule has 0 aliphatic rings. The molecular formula is C15H12BrN2O6-. The van der Waals surface area contributed by atoms with Gasteiger partial charge in [-0.1, -0.05) is 0 Å². The Kier molecular flexibility index (Phi) is 5.59. The molecule has 24 heavy (non-hydrogen) atoms. The third kappa shape index (κ3) is 3.74. The van der Waals surface area contributed by atoms with E-state index >= 15 is 0 Å². The van der Waals surface area contributed by atoms with E-state index in [4.69, 9.17) is 13.9 Å². The SMILES string of the molecule is COc1ccc(/C=N\NC(=O)c2ccc(Br)o2)c(C(=O)[O-])c1OC. The van der Waals surface area contributed by atoms with Gasteiger partial charge >= 0.3 is 5.91 Å². The van der Waals surface area contributed by atoms with Gasteiger partial charge in [0.1, 0.15) is 0 Å². The van der Waals surface area contributed by atoms with Gasteiger partial charge in [0.25, 0.3) is 0 Å². The second kappa shape index (κ2) is 7.64. The molecule has 0 bridgehead atoms. The summed E-state index contributed by atoms with van der Waals surface area (Å²) in [7, 11) is 2.69. The first-order valence-electron chi connectivity index (χ1n) is 6.53. The van der Waals surface area contributed by atoms with Gasteiger partial charge < -0.3 is 23.8 Å². The maximum atomic E-state index is 11.8. The van der Waals surface area contributed by atoms with Crippen LogP contribution in [0.5, 0.6) is 11.5 Å². The molecule has 0 unspecified atom stereocenters. The molecule has 0 saturated heterocycles. The van der Waals surface area contributed by atoms with Gasteiger partial charge in [-0.2, -0.15) is 5.10 Å². The van der Waals surface area contributed by atoms with Gasteiger partial charge in [-0.05, 0) is 40.2 Å². The van der Waals surface area contributed by atoms with Crippen LogP contribution in [0.2, 0.25) is 0 Å². The molecule has 1 heterocycles. The Hall–Kier alpha value is -2.81. The molecule has 0 radical (unpaired) electrons. The highest BCUT2D eigenvalue weighted by Gasteiger charge is 2.15. The fraction of sp³-hybridized carbons (Fsp3) is 0.133. The van der Waals surface area contributed by atoms with E-state index in [0.717, 1.165) is 6.21 Å². The van der Waals surface area contributed by atoms with E-state index in [-0.39, 0.29) is 28.4 Å². The molecule has 1 aromatic heterocycles.